The molecule has 19 heavy (non-hydrogen) atoms. The summed E-state index contributed by atoms with van der Waals surface area (Å²) < 4.78 is 0. The number of piperazine rings is 1. The number of rotatable bonds is 2. The number of likely N-dealkylation sites (N-methyl/N-ethyl adjacent to an activating group) is 1. The highest BCUT2D eigenvalue weighted by atomic mass is 16.1. The molecule has 2 N–H and O–H groups in total. The van der Waals surface area contributed by atoms with E-state index in [0.717, 1.165) is 41.8 Å². The van der Waals surface area contributed by atoms with Gasteiger partial charge in [0.15, 0.2) is 5.78 Å². The fraction of sp³-hybridized carbons (Fsp3) is 0.400. The number of carbonyl (C=O) groups is 1. The van der Waals surface area contributed by atoms with Gasteiger partial charge in [-0.2, -0.15) is 0 Å². The number of carbonyl (C=O) groups excluding carboxylic acids is 1. The second-order valence-electron chi connectivity index (χ2n) is 5.24. The molecule has 4 heteroatoms. The maximum absolute atomic E-state index is 12.8. The molecule has 1 fully saturated rings. The van der Waals surface area contributed by atoms with Gasteiger partial charge in [0.2, 0.25) is 0 Å². The minimum Gasteiger partial charge on any atom is -0.358 e. The minimum atomic E-state index is -0.0633. The maximum Gasteiger partial charge on any atom is 0.183 e. The Balaban J connectivity index is 2.03. The molecule has 0 spiro atoms. The zero-order valence-corrected chi connectivity index (χ0v) is 11.4. The fourth-order valence-electron chi connectivity index (χ4n) is 2.86. The van der Waals surface area contributed by atoms with Crippen LogP contribution in [0.2, 0.25) is 0 Å². The highest BCUT2D eigenvalue weighted by Crippen LogP contribution is 2.24. The largest absolute Gasteiger partial charge is 0.358 e. The summed E-state index contributed by atoms with van der Waals surface area (Å²) in [6, 6.07) is 7.94. The maximum atomic E-state index is 12.8. The topological polar surface area (TPSA) is 48.1 Å². The summed E-state index contributed by atoms with van der Waals surface area (Å²) >= 11 is 0. The lowest BCUT2D eigenvalue weighted by atomic mass is 9.99. The molecule has 3 rings (SSSR count). The first-order valence-electron chi connectivity index (χ1n) is 6.71. The van der Waals surface area contributed by atoms with Crippen LogP contribution in [0, 0.1) is 6.92 Å². The van der Waals surface area contributed by atoms with Crippen LogP contribution in [0.1, 0.15) is 16.1 Å². The lowest BCUT2D eigenvalue weighted by Gasteiger charge is -2.31. The molecule has 1 unspecified atom stereocenters. The predicted octanol–water partition coefficient (Wildman–Crippen LogP) is 1.56. The number of aromatic amines is 1. The molecule has 1 aromatic carbocycles. The quantitative estimate of drug-likeness (QED) is 0.803. The Morgan fingerprint density at radius 3 is 2.95 bits per heavy atom. The van der Waals surface area contributed by atoms with Gasteiger partial charge in [0.05, 0.1) is 6.04 Å². The van der Waals surface area contributed by atoms with Gasteiger partial charge in [-0.3, -0.25) is 9.69 Å². The molecule has 2 heterocycles. The first kappa shape index (κ1) is 12.4. The van der Waals surface area contributed by atoms with Crippen LogP contribution in [0.25, 0.3) is 10.9 Å². The van der Waals surface area contributed by atoms with E-state index in [9.17, 15) is 4.79 Å². The fourth-order valence-corrected chi connectivity index (χ4v) is 2.86. The van der Waals surface area contributed by atoms with Crippen LogP contribution < -0.4 is 5.32 Å². The summed E-state index contributed by atoms with van der Waals surface area (Å²) in [6.07, 6.45) is 0. The number of hydrogen-bond acceptors (Lipinski definition) is 3. The zero-order valence-electron chi connectivity index (χ0n) is 11.4. The number of H-pyrrole nitrogens is 1. The second-order valence-corrected chi connectivity index (χ2v) is 5.24. The van der Waals surface area contributed by atoms with Crippen LogP contribution in [0.5, 0.6) is 0 Å². The number of nitrogens with zero attached hydrogens (tertiary/aromatic N) is 1. The van der Waals surface area contributed by atoms with Gasteiger partial charge in [-0.05, 0) is 20.0 Å². The number of Topliss-reactive ketones (excluding diaryl/α,β-unsaturated/α-hetero) is 1. The molecule has 4 nitrogen and oxygen atoms in total. The van der Waals surface area contributed by atoms with E-state index in [1.54, 1.807) is 0 Å². The van der Waals surface area contributed by atoms with Gasteiger partial charge in [-0.1, -0.05) is 18.2 Å². The molecule has 1 aromatic heterocycles. The van der Waals surface area contributed by atoms with Crippen molar-refractivity contribution in [3.8, 4) is 0 Å². The third kappa shape index (κ3) is 2.07. The van der Waals surface area contributed by atoms with E-state index in [1.807, 2.05) is 38.2 Å². The zero-order chi connectivity index (χ0) is 13.4. The number of aromatic nitrogens is 1. The summed E-state index contributed by atoms with van der Waals surface area (Å²) in [7, 11) is 2.02. The van der Waals surface area contributed by atoms with Crippen molar-refractivity contribution < 1.29 is 4.79 Å². The van der Waals surface area contributed by atoms with E-state index in [2.05, 4.69) is 15.2 Å². The minimum absolute atomic E-state index is 0.0633. The van der Waals surface area contributed by atoms with E-state index >= 15 is 0 Å². The molecule has 2 aromatic rings. The van der Waals surface area contributed by atoms with E-state index in [4.69, 9.17) is 0 Å². The molecular weight excluding hydrogens is 238 g/mol. The highest BCUT2D eigenvalue weighted by molar-refractivity contribution is 6.11. The SMILES string of the molecule is Cc1[nH]c2ccccc2c1C(=O)C1CNCCN1C. The highest BCUT2D eigenvalue weighted by Gasteiger charge is 2.29. The van der Waals surface area contributed by atoms with Gasteiger partial charge in [0.1, 0.15) is 0 Å². The third-order valence-corrected chi connectivity index (χ3v) is 3.95. The smallest absolute Gasteiger partial charge is 0.183 e. The van der Waals surface area contributed by atoms with Gasteiger partial charge in [0.25, 0.3) is 0 Å². The molecule has 0 saturated carbocycles. The summed E-state index contributed by atoms with van der Waals surface area (Å²) in [4.78, 5) is 18.2. The number of aryl methyl sites for hydroxylation is 1. The molecule has 1 aliphatic rings. The summed E-state index contributed by atoms with van der Waals surface area (Å²) in [5.41, 5.74) is 2.84. The third-order valence-electron chi connectivity index (χ3n) is 3.95. The molecular formula is C15H19N3O. The number of benzene rings is 1. The van der Waals surface area contributed by atoms with E-state index in [1.165, 1.54) is 0 Å². The number of hydrogen-bond donors (Lipinski definition) is 2. The Morgan fingerprint density at radius 2 is 2.16 bits per heavy atom. The van der Waals surface area contributed by atoms with Gasteiger partial charge in [-0.25, -0.2) is 0 Å². The normalized spacial score (nSPS) is 20.8. The van der Waals surface area contributed by atoms with Crippen molar-refractivity contribution in [1.29, 1.82) is 0 Å². The number of para-hydroxylation sites is 1. The molecule has 100 valence electrons. The first-order chi connectivity index (χ1) is 9.18. The van der Waals surface area contributed by atoms with Crippen molar-refractivity contribution in [2.75, 3.05) is 26.7 Å². The summed E-state index contributed by atoms with van der Waals surface area (Å²) in [5.74, 6) is 0.213. The summed E-state index contributed by atoms with van der Waals surface area (Å²) in [5, 5.41) is 4.33. The van der Waals surface area contributed by atoms with Crippen molar-refractivity contribution in [2.24, 2.45) is 0 Å². The number of fused-ring (bicyclic) bond motifs is 1. The lowest BCUT2D eigenvalue weighted by Crippen LogP contribution is -2.53. The van der Waals surface area contributed by atoms with Crippen molar-refractivity contribution >= 4 is 16.7 Å². The predicted molar refractivity (Wildman–Crippen MR) is 76.7 cm³/mol. The molecule has 0 aliphatic carbocycles. The molecule has 1 aliphatic heterocycles. The van der Waals surface area contributed by atoms with Gasteiger partial charge >= 0.3 is 0 Å². The standard InChI is InChI=1S/C15H19N3O/c1-10-14(11-5-3-4-6-12(11)17-10)15(19)13-9-16-7-8-18(13)2/h3-6,13,16-17H,7-9H2,1-2H3. The van der Waals surface area contributed by atoms with Gasteiger partial charge in [0, 0.05) is 41.8 Å². The van der Waals surface area contributed by atoms with Gasteiger partial charge < -0.3 is 10.3 Å². The average molecular weight is 257 g/mol. The Labute approximate surface area is 112 Å². The Morgan fingerprint density at radius 1 is 1.37 bits per heavy atom. The van der Waals surface area contributed by atoms with Crippen LogP contribution in [-0.4, -0.2) is 48.4 Å². The van der Waals surface area contributed by atoms with E-state index in [-0.39, 0.29) is 11.8 Å². The Hall–Kier alpha value is -1.65. The number of ketones is 1. The van der Waals surface area contributed by atoms with Gasteiger partial charge in [-0.15, -0.1) is 0 Å². The lowest BCUT2D eigenvalue weighted by molar-refractivity contribution is 0.0820. The molecule has 0 radical (unpaired) electrons. The van der Waals surface area contributed by atoms with Crippen LogP contribution in [0.3, 0.4) is 0 Å². The van der Waals surface area contributed by atoms with Crippen LogP contribution in [-0.2, 0) is 0 Å². The molecule has 0 bridgehead atoms. The van der Waals surface area contributed by atoms with Crippen molar-refractivity contribution in [3.05, 3.63) is 35.5 Å². The molecule has 1 saturated heterocycles. The monoisotopic (exact) mass is 257 g/mol. The first-order valence-corrected chi connectivity index (χ1v) is 6.71. The van der Waals surface area contributed by atoms with Crippen molar-refractivity contribution in [2.45, 2.75) is 13.0 Å². The second kappa shape index (κ2) is 4.79. The molecule has 1 atom stereocenters. The Bertz CT molecular complexity index is 617. The van der Waals surface area contributed by atoms with Crippen molar-refractivity contribution in [1.82, 2.24) is 15.2 Å². The van der Waals surface area contributed by atoms with Crippen LogP contribution in [0.4, 0.5) is 0 Å². The van der Waals surface area contributed by atoms with Crippen LogP contribution in [0.15, 0.2) is 24.3 Å². The van der Waals surface area contributed by atoms with E-state index in [0.29, 0.717) is 0 Å². The Kier molecular flexibility index (Phi) is 3.12. The number of nitrogens with one attached hydrogen (secondary N) is 2. The average Bonchev–Trinajstić information content (AvgIpc) is 2.74. The van der Waals surface area contributed by atoms with E-state index < -0.39 is 0 Å². The molecule has 0 amide bonds. The van der Waals surface area contributed by atoms with Crippen LogP contribution >= 0.6 is 0 Å². The van der Waals surface area contributed by atoms with Crippen molar-refractivity contribution in [3.63, 3.8) is 0 Å². The summed E-state index contributed by atoms with van der Waals surface area (Å²) in [6.45, 7) is 4.57.